The van der Waals surface area contributed by atoms with Crippen LogP contribution >= 0.6 is 11.6 Å². The first-order chi connectivity index (χ1) is 12.9. The number of hydrogen-bond acceptors (Lipinski definition) is 5. The normalized spacial score (nSPS) is 18.8. The Hall–Kier alpha value is -1.77. The molecule has 0 spiro atoms. The van der Waals surface area contributed by atoms with Gasteiger partial charge in [-0.2, -0.15) is 13.2 Å². The van der Waals surface area contributed by atoms with E-state index in [1.54, 1.807) is 25.7 Å². The molecule has 0 atom stereocenters. The van der Waals surface area contributed by atoms with Crippen molar-refractivity contribution in [2.75, 3.05) is 24.5 Å². The third kappa shape index (κ3) is 4.79. The van der Waals surface area contributed by atoms with Gasteiger partial charge in [0, 0.05) is 25.2 Å². The Kier molecular flexibility index (Phi) is 5.67. The smallest absolute Gasteiger partial charge is 0.410 e. The number of halogens is 4. The second-order valence-corrected chi connectivity index (χ2v) is 8.53. The van der Waals surface area contributed by atoms with Gasteiger partial charge in [0.1, 0.15) is 11.4 Å². The van der Waals surface area contributed by atoms with Crippen LogP contribution in [0.15, 0.2) is 0 Å². The Balaban J connectivity index is 1.76. The standard InChI is InChI=1S/C18H24ClF3N4O2/c1-17(2,3)28-16(27)26-9-6-12-13(10-26)23-15(19)24-14(12)25-7-4-11(5-8-25)18(20,21)22/h11H,4-10H2,1-3H3. The third-order valence-electron chi connectivity index (χ3n) is 4.93. The summed E-state index contributed by atoms with van der Waals surface area (Å²) in [5.41, 5.74) is 0.856. The van der Waals surface area contributed by atoms with Crippen molar-refractivity contribution in [1.29, 1.82) is 0 Å². The maximum atomic E-state index is 12.9. The molecule has 2 aliphatic rings. The van der Waals surface area contributed by atoms with Crippen LogP contribution in [0.4, 0.5) is 23.8 Å². The number of hydrogen-bond donors (Lipinski definition) is 0. The quantitative estimate of drug-likeness (QED) is 0.637. The predicted molar refractivity (Wildman–Crippen MR) is 98.4 cm³/mol. The molecule has 6 nitrogen and oxygen atoms in total. The summed E-state index contributed by atoms with van der Waals surface area (Å²) >= 11 is 6.07. The molecule has 0 N–H and O–H groups in total. The molecule has 1 saturated heterocycles. The molecule has 0 radical (unpaired) electrons. The van der Waals surface area contributed by atoms with Crippen molar-refractivity contribution >= 4 is 23.5 Å². The summed E-state index contributed by atoms with van der Waals surface area (Å²) in [5.74, 6) is -0.695. The van der Waals surface area contributed by atoms with Gasteiger partial charge in [0.25, 0.3) is 0 Å². The van der Waals surface area contributed by atoms with Gasteiger partial charge in [-0.25, -0.2) is 14.8 Å². The molecule has 0 aromatic carbocycles. The van der Waals surface area contributed by atoms with Crippen LogP contribution in [-0.4, -0.2) is 52.4 Å². The number of carbonyl (C=O) groups excluding carboxylic acids is 1. The zero-order valence-corrected chi connectivity index (χ0v) is 16.9. The van der Waals surface area contributed by atoms with E-state index in [0.29, 0.717) is 24.5 Å². The van der Waals surface area contributed by atoms with Crippen LogP contribution in [-0.2, 0) is 17.7 Å². The number of anilines is 1. The number of nitrogens with zero attached hydrogens (tertiary/aromatic N) is 4. The van der Waals surface area contributed by atoms with Crippen molar-refractivity contribution in [2.24, 2.45) is 5.92 Å². The van der Waals surface area contributed by atoms with E-state index in [0.717, 1.165) is 5.56 Å². The first-order valence-electron chi connectivity index (χ1n) is 9.29. The van der Waals surface area contributed by atoms with E-state index < -0.39 is 23.8 Å². The maximum absolute atomic E-state index is 12.9. The van der Waals surface area contributed by atoms with Crippen LogP contribution < -0.4 is 4.90 Å². The van der Waals surface area contributed by atoms with Gasteiger partial charge in [0.05, 0.1) is 18.2 Å². The predicted octanol–water partition coefficient (Wildman–Crippen LogP) is 4.20. The van der Waals surface area contributed by atoms with E-state index in [2.05, 4.69) is 9.97 Å². The molecule has 10 heteroatoms. The summed E-state index contributed by atoms with van der Waals surface area (Å²) in [5, 5.41) is 0.0257. The Bertz CT molecular complexity index is 744. The summed E-state index contributed by atoms with van der Waals surface area (Å²) in [7, 11) is 0. The van der Waals surface area contributed by atoms with E-state index in [4.69, 9.17) is 16.3 Å². The molecule has 2 aliphatic heterocycles. The fourth-order valence-electron chi connectivity index (χ4n) is 3.54. The second kappa shape index (κ2) is 7.57. The van der Waals surface area contributed by atoms with Crippen LogP contribution in [0.1, 0.15) is 44.9 Å². The molecule has 1 amide bonds. The minimum absolute atomic E-state index is 0.0257. The van der Waals surface area contributed by atoms with Crippen molar-refractivity contribution in [3.05, 3.63) is 16.5 Å². The summed E-state index contributed by atoms with van der Waals surface area (Å²) in [6, 6.07) is 0. The molecule has 1 fully saturated rings. The molecular formula is C18H24ClF3N4O2. The number of carbonyl (C=O) groups is 1. The second-order valence-electron chi connectivity index (χ2n) is 8.20. The van der Waals surface area contributed by atoms with Gasteiger partial charge >= 0.3 is 12.3 Å². The van der Waals surface area contributed by atoms with Gasteiger partial charge in [0.2, 0.25) is 5.28 Å². The zero-order valence-electron chi connectivity index (χ0n) is 16.1. The van der Waals surface area contributed by atoms with Gasteiger partial charge in [-0.15, -0.1) is 0 Å². The van der Waals surface area contributed by atoms with E-state index in [1.165, 1.54) is 0 Å². The van der Waals surface area contributed by atoms with Crippen molar-refractivity contribution in [2.45, 2.75) is 58.4 Å². The lowest BCUT2D eigenvalue weighted by Crippen LogP contribution is -2.42. The van der Waals surface area contributed by atoms with Gasteiger partial charge in [-0.3, -0.25) is 0 Å². The number of ether oxygens (including phenoxy) is 1. The molecular weight excluding hydrogens is 397 g/mol. The first-order valence-corrected chi connectivity index (χ1v) is 9.67. The van der Waals surface area contributed by atoms with Gasteiger partial charge < -0.3 is 14.5 Å². The Morgan fingerprint density at radius 2 is 1.79 bits per heavy atom. The van der Waals surface area contributed by atoms with Crippen LogP contribution in [0, 0.1) is 5.92 Å². The topological polar surface area (TPSA) is 58.6 Å². The fourth-order valence-corrected chi connectivity index (χ4v) is 3.73. The Morgan fingerprint density at radius 3 is 2.36 bits per heavy atom. The van der Waals surface area contributed by atoms with Crippen LogP contribution in [0.3, 0.4) is 0 Å². The number of alkyl halides is 3. The van der Waals surface area contributed by atoms with Gasteiger partial charge in [0.15, 0.2) is 0 Å². The third-order valence-corrected chi connectivity index (χ3v) is 5.09. The molecule has 0 saturated carbocycles. The zero-order chi connectivity index (χ0) is 20.7. The average Bonchev–Trinajstić information content (AvgIpc) is 2.58. The van der Waals surface area contributed by atoms with Crippen molar-refractivity contribution in [3.63, 3.8) is 0 Å². The molecule has 0 bridgehead atoms. The van der Waals surface area contributed by atoms with Crippen molar-refractivity contribution in [3.8, 4) is 0 Å². The number of aromatic nitrogens is 2. The minimum atomic E-state index is -4.16. The van der Waals surface area contributed by atoms with E-state index in [9.17, 15) is 18.0 Å². The fraction of sp³-hybridized carbons (Fsp3) is 0.722. The van der Waals surface area contributed by atoms with Gasteiger partial charge in [-0.05, 0) is 51.6 Å². The van der Waals surface area contributed by atoms with Gasteiger partial charge in [-0.1, -0.05) is 0 Å². The molecule has 0 aliphatic carbocycles. The van der Waals surface area contributed by atoms with Crippen LogP contribution in [0.5, 0.6) is 0 Å². The molecule has 3 heterocycles. The first kappa shape index (κ1) is 21.0. The Labute approximate surface area is 167 Å². The highest BCUT2D eigenvalue weighted by Gasteiger charge is 2.41. The van der Waals surface area contributed by atoms with Crippen molar-refractivity contribution in [1.82, 2.24) is 14.9 Å². The lowest BCUT2D eigenvalue weighted by molar-refractivity contribution is -0.179. The SMILES string of the molecule is CC(C)(C)OC(=O)N1CCc2c(nc(Cl)nc2N2CCC(C(F)(F)F)CC2)C1. The molecule has 1 aromatic rings. The summed E-state index contributed by atoms with van der Waals surface area (Å²) in [6.07, 6.45) is -4.03. The number of piperidine rings is 1. The summed E-state index contributed by atoms with van der Waals surface area (Å²) in [4.78, 5) is 24.3. The number of rotatable bonds is 1. The number of amides is 1. The summed E-state index contributed by atoms with van der Waals surface area (Å²) in [6.45, 7) is 6.58. The van der Waals surface area contributed by atoms with E-state index in [-0.39, 0.29) is 37.8 Å². The Morgan fingerprint density at radius 1 is 1.14 bits per heavy atom. The lowest BCUT2D eigenvalue weighted by atomic mass is 9.95. The van der Waals surface area contributed by atoms with E-state index >= 15 is 0 Å². The largest absolute Gasteiger partial charge is 0.444 e. The highest BCUT2D eigenvalue weighted by Crippen LogP contribution is 2.37. The lowest BCUT2D eigenvalue weighted by Gasteiger charge is -2.36. The van der Waals surface area contributed by atoms with E-state index in [1.807, 2.05) is 4.90 Å². The molecule has 156 valence electrons. The molecule has 28 heavy (non-hydrogen) atoms. The minimum Gasteiger partial charge on any atom is -0.444 e. The maximum Gasteiger partial charge on any atom is 0.410 e. The molecule has 0 unspecified atom stereocenters. The van der Waals surface area contributed by atoms with Crippen molar-refractivity contribution < 1.29 is 22.7 Å². The number of fused-ring (bicyclic) bond motifs is 1. The summed E-state index contributed by atoms with van der Waals surface area (Å²) < 4.78 is 44.2. The average molecular weight is 421 g/mol. The monoisotopic (exact) mass is 420 g/mol. The highest BCUT2D eigenvalue weighted by atomic mass is 35.5. The van der Waals surface area contributed by atoms with Crippen LogP contribution in [0.25, 0.3) is 0 Å². The van der Waals surface area contributed by atoms with Crippen LogP contribution in [0.2, 0.25) is 5.28 Å². The molecule has 1 aromatic heterocycles. The highest BCUT2D eigenvalue weighted by molar-refractivity contribution is 6.28. The molecule has 3 rings (SSSR count).